The van der Waals surface area contributed by atoms with Crippen LogP contribution in [0.1, 0.15) is 10.4 Å². The number of rotatable bonds is 6. The van der Waals surface area contributed by atoms with E-state index in [-0.39, 0.29) is 10.5 Å². The molecule has 138 valence electrons. The first-order valence-electron chi connectivity index (χ1n) is 7.46. The number of carbonyl (C=O) groups is 2. The molecule has 0 radical (unpaired) electrons. The van der Waals surface area contributed by atoms with Gasteiger partial charge in [0.2, 0.25) is 10.0 Å². The summed E-state index contributed by atoms with van der Waals surface area (Å²) in [4.78, 5) is 23.9. The third-order valence-corrected chi connectivity index (χ3v) is 5.47. The molecule has 0 saturated heterocycles. The Bertz CT molecular complexity index is 928. The van der Waals surface area contributed by atoms with Crippen LogP contribution >= 0.6 is 11.6 Å². The molecule has 1 N–H and O–H groups in total. The highest BCUT2D eigenvalue weighted by Crippen LogP contribution is 2.20. The molecule has 0 aliphatic heterocycles. The maximum atomic E-state index is 12.1. The van der Waals surface area contributed by atoms with Gasteiger partial charge in [0.15, 0.2) is 6.61 Å². The van der Waals surface area contributed by atoms with Crippen LogP contribution < -0.4 is 5.32 Å². The van der Waals surface area contributed by atoms with Crippen molar-refractivity contribution in [2.24, 2.45) is 0 Å². The Morgan fingerprint density at radius 3 is 2.46 bits per heavy atom. The molecular formula is C17H17ClN2O5S. The van der Waals surface area contributed by atoms with Gasteiger partial charge in [-0.25, -0.2) is 17.5 Å². The van der Waals surface area contributed by atoms with Gasteiger partial charge >= 0.3 is 5.97 Å². The van der Waals surface area contributed by atoms with E-state index in [2.05, 4.69) is 5.32 Å². The van der Waals surface area contributed by atoms with E-state index < -0.39 is 28.5 Å². The first kappa shape index (κ1) is 19.9. The van der Waals surface area contributed by atoms with Gasteiger partial charge in [-0.05, 0) is 30.3 Å². The first-order valence-corrected chi connectivity index (χ1v) is 9.27. The van der Waals surface area contributed by atoms with E-state index in [0.717, 1.165) is 4.31 Å². The van der Waals surface area contributed by atoms with E-state index in [1.165, 1.54) is 38.4 Å². The molecule has 0 fully saturated rings. The van der Waals surface area contributed by atoms with Crippen molar-refractivity contribution in [2.75, 3.05) is 26.0 Å². The normalized spacial score (nSPS) is 11.2. The maximum absolute atomic E-state index is 12.1. The molecule has 7 nitrogen and oxygen atoms in total. The van der Waals surface area contributed by atoms with E-state index in [1.54, 1.807) is 24.3 Å². The third kappa shape index (κ3) is 4.81. The standard InChI is InChI=1S/C17H17ClN2O5S/c1-20(2)26(23,24)13-7-5-6-12(10-13)17(22)25-11-16(21)19-15-9-4-3-8-14(15)18/h3-10H,11H2,1-2H3,(H,19,21). The number of amides is 1. The molecule has 0 unspecified atom stereocenters. The van der Waals surface area contributed by atoms with Crippen LogP contribution in [0.5, 0.6) is 0 Å². The average Bonchev–Trinajstić information content (AvgIpc) is 2.61. The Hall–Kier alpha value is -2.42. The number of nitrogens with zero attached hydrogens (tertiary/aromatic N) is 1. The summed E-state index contributed by atoms with van der Waals surface area (Å²) in [5.74, 6) is -1.38. The Balaban J connectivity index is 2.02. The van der Waals surface area contributed by atoms with Crippen molar-refractivity contribution >= 4 is 39.2 Å². The van der Waals surface area contributed by atoms with Gasteiger partial charge in [-0.1, -0.05) is 29.8 Å². The molecule has 0 spiro atoms. The zero-order valence-electron chi connectivity index (χ0n) is 14.1. The fraction of sp³-hybridized carbons (Fsp3) is 0.176. The summed E-state index contributed by atoms with van der Waals surface area (Å²) >= 11 is 5.93. The van der Waals surface area contributed by atoms with Gasteiger partial charge in [0.1, 0.15) is 0 Å². The SMILES string of the molecule is CN(C)S(=O)(=O)c1cccc(C(=O)OCC(=O)Nc2ccccc2Cl)c1. The number of esters is 1. The van der Waals surface area contributed by atoms with Gasteiger partial charge < -0.3 is 10.1 Å². The van der Waals surface area contributed by atoms with Crippen LogP contribution in [0, 0.1) is 0 Å². The fourth-order valence-electron chi connectivity index (χ4n) is 1.96. The largest absolute Gasteiger partial charge is 0.452 e. The van der Waals surface area contributed by atoms with Crippen LogP contribution in [0.2, 0.25) is 5.02 Å². The molecular weight excluding hydrogens is 380 g/mol. The summed E-state index contributed by atoms with van der Waals surface area (Å²) in [5, 5.41) is 2.87. The number of nitrogens with one attached hydrogen (secondary N) is 1. The summed E-state index contributed by atoms with van der Waals surface area (Å²) in [7, 11) is -0.901. The fourth-order valence-corrected chi connectivity index (χ4v) is 3.09. The second kappa shape index (κ2) is 8.31. The van der Waals surface area contributed by atoms with E-state index in [1.807, 2.05) is 0 Å². The van der Waals surface area contributed by atoms with Crippen molar-refractivity contribution in [2.45, 2.75) is 4.90 Å². The molecule has 2 aromatic carbocycles. The van der Waals surface area contributed by atoms with Gasteiger partial charge in [-0.15, -0.1) is 0 Å². The van der Waals surface area contributed by atoms with Gasteiger partial charge in [0.05, 0.1) is 21.2 Å². The highest BCUT2D eigenvalue weighted by molar-refractivity contribution is 7.89. The number of para-hydroxylation sites is 1. The molecule has 9 heteroatoms. The Labute approximate surface area is 156 Å². The van der Waals surface area contributed by atoms with Crippen molar-refractivity contribution in [1.29, 1.82) is 0 Å². The molecule has 1 amide bonds. The number of ether oxygens (including phenoxy) is 1. The summed E-state index contributed by atoms with van der Waals surface area (Å²) in [6.45, 7) is -0.533. The van der Waals surface area contributed by atoms with Gasteiger partial charge in [-0.2, -0.15) is 0 Å². The molecule has 0 aliphatic rings. The van der Waals surface area contributed by atoms with Gasteiger partial charge in [-0.3, -0.25) is 4.79 Å². The summed E-state index contributed by atoms with van der Waals surface area (Å²) in [6, 6.07) is 12.0. The number of halogens is 1. The maximum Gasteiger partial charge on any atom is 0.338 e. The summed E-state index contributed by atoms with van der Waals surface area (Å²) in [5.41, 5.74) is 0.424. The monoisotopic (exact) mass is 396 g/mol. The number of benzene rings is 2. The molecule has 0 saturated carbocycles. The smallest absolute Gasteiger partial charge is 0.338 e. The number of anilines is 1. The molecule has 0 atom stereocenters. The summed E-state index contributed by atoms with van der Waals surface area (Å²) in [6.07, 6.45) is 0. The molecule has 0 aliphatic carbocycles. The Morgan fingerprint density at radius 2 is 1.81 bits per heavy atom. The quantitative estimate of drug-likeness (QED) is 0.757. The highest BCUT2D eigenvalue weighted by atomic mass is 35.5. The minimum atomic E-state index is -3.68. The second-order valence-electron chi connectivity index (χ2n) is 5.42. The van der Waals surface area contributed by atoms with Crippen LogP contribution in [0.25, 0.3) is 0 Å². The number of hydrogen-bond donors (Lipinski definition) is 1. The lowest BCUT2D eigenvalue weighted by Crippen LogP contribution is -2.23. The van der Waals surface area contributed by atoms with Gasteiger partial charge in [0, 0.05) is 14.1 Å². The number of hydrogen-bond acceptors (Lipinski definition) is 5. The molecule has 0 bridgehead atoms. The topological polar surface area (TPSA) is 92.8 Å². The minimum absolute atomic E-state index is 0.0264. The zero-order chi connectivity index (χ0) is 19.3. The van der Waals surface area contributed by atoms with Crippen molar-refractivity contribution in [3.8, 4) is 0 Å². The predicted molar refractivity (Wildman–Crippen MR) is 97.7 cm³/mol. The third-order valence-electron chi connectivity index (χ3n) is 3.33. The van der Waals surface area contributed by atoms with Crippen LogP contribution in [-0.4, -0.2) is 45.3 Å². The molecule has 26 heavy (non-hydrogen) atoms. The van der Waals surface area contributed by atoms with Crippen molar-refractivity contribution < 1.29 is 22.7 Å². The summed E-state index contributed by atoms with van der Waals surface area (Å²) < 4.78 is 30.2. The molecule has 2 rings (SSSR count). The van der Waals surface area contributed by atoms with E-state index in [4.69, 9.17) is 16.3 Å². The zero-order valence-corrected chi connectivity index (χ0v) is 15.7. The second-order valence-corrected chi connectivity index (χ2v) is 7.98. The van der Waals surface area contributed by atoms with Crippen LogP contribution in [0.4, 0.5) is 5.69 Å². The highest BCUT2D eigenvalue weighted by Gasteiger charge is 2.19. The first-order chi connectivity index (χ1) is 12.2. The van der Waals surface area contributed by atoms with Crippen molar-refractivity contribution in [3.63, 3.8) is 0 Å². The lowest BCUT2D eigenvalue weighted by atomic mass is 10.2. The van der Waals surface area contributed by atoms with Crippen molar-refractivity contribution in [3.05, 3.63) is 59.1 Å². The van der Waals surface area contributed by atoms with E-state index in [0.29, 0.717) is 10.7 Å². The minimum Gasteiger partial charge on any atom is -0.452 e. The van der Waals surface area contributed by atoms with Crippen molar-refractivity contribution in [1.82, 2.24) is 4.31 Å². The average molecular weight is 397 g/mol. The van der Waals surface area contributed by atoms with E-state index >= 15 is 0 Å². The Morgan fingerprint density at radius 1 is 1.12 bits per heavy atom. The van der Waals surface area contributed by atoms with Crippen LogP contribution in [0.15, 0.2) is 53.4 Å². The van der Waals surface area contributed by atoms with E-state index in [9.17, 15) is 18.0 Å². The Kier molecular flexibility index (Phi) is 6.36. The molecule has 0 heterocycles. The number of sulfonamides is 1. The predicted octanol–water partition coefficient (Wildman–Crippen LogP) is 2.39. The number of carbonyl (C=O) groups excluding carboxylic acids is 2. The van der Waals surface area contributed by atoms with Gasteiger partial charge in [0.25, 0.3) is 5.91 Å². The van der Waals surface area contributed by atoms with Crippen LogP contribution in [0.3, 0.4) is 0 Å². The van der Waals surface area contributed by atoms with Crippen LogP contribution in [-0.2, 0) is 19.6 Å². The lowest BCUT2D eigenvalue weighted by Gasteiger charge is -2.12. The molecule has 2 aromatic rings. The lowest BCUT2D eigenvalue weighted by molar-refractivity contribution is -0.119. The molecule has 0 aromatic heterocycles.